The number of nitro groups is 1. The van der Waals surface area contributed by atoms with Crippen LogP contribution in [0.25, 0.3) is 0 Å². The standard InChI is InChI=1S/C33H39NO18/c1-15(35)43-14-25-28(47-16(2)36)29(48-17(3)37)30(49-18(4)38)33(51-25)52-32-27(24-13-44-24)20(21(11-46-32)31(39)42-5)10-26-45-12-23(50-26)19-8-6-7-9-22(19)34(40)41/h6-9,11,20,23-30,32-33H,10,12-14H2,1-5H3/t20-,23?,24+,25-,26?,27+,28-,29+,30-,32+,33+/m1/s1. The number of epoxide rings is 1. The fraction of sp³-hybridized carbons (Fsp3) is 0.606. The summed E-state index contributed by atoms with van der Waals surface area (Å²) >= 11 is 0. The van der Waals surface area contributed by atoms with E-state index in [9.17, 15) is 34.1 Å². The van der Waals surface area contributed by atoms with E-state index in [1.807, 2.05) is 0 Å². The van der Waals surface area contributed by atoms with E-state index in [0.29, 0.717) is 5.56 Å². The van der Waals surface area contributed by atoms with Crippen molar-refractivity contribution >= 4 is 35.5 Å². The van der Waals surface area contributed by atoms with Crippen molar-refractivity contribution in [2.45, 2.75) is 89.6 Å². The number of hydrogen-bond donors (Lipinski definition) is 0. The minimum absolute atomic E-state index is 0.00866. The molecule has 19 nitrogen and oxygen atoms in total. The molecule has 0 bridgehead atoms. The van der Waals surface area contributed by atoms with Gasteiger partial charge in [-0.05, 0) is 6.07 Å². The van der Waals surface area contributed by atoms with Crippen molar-refractivity contribution in [3.63, 3.8) is 0 Å². The third-order valence-corrected chi connectivity index (χ3v) is 8.61. The molecule has 0 amide bonds. The maximum atomic E-state index is 13.0. The molecular weight excluding hydrogens is 698 g/mol. The topological polar surface area (TPSA) is 233 Å². The first-order valence-electron chi connectivity index (χ1n) is 16.3. The number of ether oxygens (including phenoxy) is 11. The number of hydrogen-bond acceptors (Lipinski definition) is 18. The molecule has 5 rings (SSSR count). The highest BCUT2D eigenvalue weighted by molar-refractivity contribution is 5.89. The van der Waals surface area contributed by atoms with Gasteiger partial charge in [0.05, 0.1) is 54.7 Å². The normalized spacial score (nSPS) is 32.3. The molecule has 0 radical (unpaired) electrons. The maximum Gasteiger partial charge on any atom is 0.337 e. The van der Waals surface area contributed by atoms with Crippen molar-refractivity contribution in [2.75, 3.05) is 26.9 Å². The van der Waals surface area contributed by atoms with Crippen molar-refractivity contribution in [1.82, 2.24) is 0 Å². The number of nitrogens with zero attached hydrogens (tertiary/aromatic N) is 1. The zero-order valence-corrected chi connectivity index (χ0v) is 28.9. The molecule has 1 aromatic rings. The summed E-state index contributed by atoms with van der Waals surface area (Å²) < 4.78 is 62.6. The van der Waals surface area contributed by atoms with Crippen LogP contribution in [0.15, 0.2) is 36.1 Å². The van der Waals surface area contributed by atoms with Gasteiger partial charge in [0.2, 0.25) is 12.6 Å². The zero-order valence-electron chi connectivity index (χ0n) is 28.9. The molecule has 0 spiro atoms. The van der Waals surface area contributed by atoms with Crippen molar-refractivity contribution in [2.24, 2.45) is 11.8 Å². The number of para-hydroxylation sites is 1. The quantitative estimate of drug-likeness (QED) is 0.0918. The molecule has 4 aliphatic heterocycles. The molecule has 52 heavy (non-hydrogen) atoms. The third kappa shape index (κ3) is 9.20. The smallest absolute Gasteiger partial charge is 0.337 e. The van der Waals surface area contributed by atoms with Crippen molar-refractivity contribution in [1.29, 1.82) is 0 Å². The Hall–Kier alpha value is -4.69. The van der Waals surface area contributed by atoms with E-state index >= 15 is 0 Å². The second-order valence-electron chi connectivity index (χ2n) is 12.3. The lowest BCUT2D eigenvalue weighted by Gasteiger charge is -2.46. The molecule has 4 aliphatic rings. The largest absolute Gasteiger partial charge is 0.471 e. The third-order valence-electron chi connectivity index (χ3n) is 8.61. The van der Waals surface area contributed by atoms with E-state index in [1.54, 1.807) is 12.1 Å². The van der Waals surface area contributed by atoms with Gasteiger partial charge in [0.15, 0.2) is 24.6 Å². The molecule has 3 saturated heterocycles. The predicted molar refractivity (Wildman–Crippen MR) is 166 cm³/mol. The van der Waals surface area contributed by atoms with E-state index in [-0.39, 0.29) is 30.9 Å². The maximum absolute atomic E-state index is 13.0. The summed E-state index contributed by atoms with van der Waals surface area (Å²) in [6.45, 7) is 4.17. The first-order valence-corrected chi connectivity index (χ1v) is 16.3. The average molecular weight is 738 g/mol. The van der Waals surface area contributed by atoms with Crippen LogP contribution in [0.1, 0.15) is 45.8 Å². The van der Waals surface area contributed by atoms with Crippen LogP contribution in [0.3, 0.4) is 0 Å². The van der Waals surface area contributed by atoms with Crippen LogP contribution in [0.4, 0.5) is 5.69 Å². The molecule has 1 aromatic carbocycles. The van der Waals surface area contributed by atoms with Crippen LogP contribution in [-0.2, 0) is 76.1 Å². The molecule has 0 N–H and O–H groups in total. The van der Waals surface area contributed by atoms with Gasteiger partial charge in [-0.25, -0.2) is 4.79 Å². The van der Waals surface area contributed by atoms with E-state index < -0.39 is 109 Å². The molecular formula is C33H39NO18. The second-order valence-corrected chi connectivity index (χ2v) is 12.3. The highest BCUT2D eigenvalue weighted by atomic mass is 16.8. The highest BCUT2D eigenvalue weighted by Crippen LogP contribution is 2.45. The zero-order chi connectivity index (χ0) is 37.7. The molecule has 4 heterocycles. The lowest BCUT2D eigenvalue weighted by Crippen LogP contribution is -2.63. The Morgan fingerprint density at radius 3 is 2.12 bits per heavy atom. The van der Waals surface area contributed by atoms with E-state index in [1.165, 1.54) is 19.2 Å². The van der Waals surface area contributed by atoms with E-state index in [2.05, 4.69) is 0 Å². The number of nitro benzene ring substituents is 1. The molecule has 0 saturated carbocycles. The summed E-state index contributed by atoms with van der Waals surface area (Å²) in [5, 5.41) is 11.7. The van der Waals surface area contributed by atoms with Crippen molar-refractivity contribution in [3.8, 4) is 0 Å². The summed E-state index contributed by atoms with van der Waals surface area (Å²) in [5.74, 6) is -5.45. The Morgan fingerprint density at radius 1 is 0.846 bits per heavy atom. The number of carbonyl (C=O) groups excluding carboxylic acids is 5. The van der Waals surface area contributed by atoms with Gasteiger partial charge in [-0.1, -0.05) is 12.1 Å². The number of carbonyl (C=O) groups is 5. The van der Waals surface area contributed by atoms with Gasteiger partial charge in [-0.3, -0.25) is 29.3 Å². The number of esters is 5. The monoisotopic (exact) mass is 737 g/mol. The minimum Gasteiger partial charge on any atom is -0.471 e. The first-order chi connectivity index (χ1) is 24.8. The minimum atomic E-state index is -1.59. The van der Waals surface area contributed by atoms with E-state index in [0.717, 1.165) is 34.0 Å². The fourth-order valence-electron chi connectivity index (χ4n) is 6.46. The summed E-state index contributed by atoms with van der Waals surface area (Å²) in [5.41, 5.74) is 0.267. The van der Waals surface area contributed by atoms with Gasteiger partial charge >= 0.3 is 29.8 Å². The van der Waals surface area contributed by atoms with Crippen LogP contribution >= 0.6 is 0 Å². The summed E-state index contributed by atoms with van der Waals surface area (Å²) in [6, 6.07) is 6.11. The van der Waals surface area contributed by atoms with Crippen LogP contribution in [-0.4, -0.2) is 111 Å². The number of methoxy groups -OCH3 is 1. The lowest BCUT2D eigenvalue weighted by atomic mass is 9.79. The first kappa shape index (κ1) is 38.5. The van der Waals surface area contributed by atoms with Gasteiger partial charge in [0, 0.05) is 46.1 Å². The summed E-state index contributed by atoms with van der Waals surface area (Å²) in [7, 11) is 1.19. The van der Waals surface area contributed by atoms with Crippen molar-refractivity contribution in [3.05, 3.63) is 51.8 Å². The van der Waals surface area contributed by atoms with Gasteiger partial charge in [0.25, 0.3) is 5.69 Å². The summed E-state index contributed by atoms with van der Waals surface area (Å²) in [4.78, 5) is 72.7. The van der Waals surface area contributed by atoms with Crippen LogP contribution in [0.5, 0.6) is 0 Å². The molecule has 19 heteroatoms. The summed E-state index contributed by atoms with van der Waals surface area (Å²) in [6.07, 6.45) is -9.75. The highest BCUT2D eigenvalue weighted by Gasteiger charge is 2.57. The Balaban J connectivity index is 1.45. The Morgan fingerprint density at radius 2 is 1.50 bits per heavy atom. The molecule has 0 aliphatic carbocycles. The van der Waals surface area contributed by atoms with Crippen LogP contribution in [0.2, 0.25) is 0 Å². The van der Waals surface area contributed by atoms with E-state index in [4.69, 9.17) is 52.1 Å². The lowest BCUT2D eigenvalue weighted by molar-refractivity contribution is -0.386. The van der Waals surface area contributed by atoms with Gasteiger partial charge in [0.1, 0.15) is 18.8 Å². The molecule has 11 atom stereocenters. The second kappa shape index (κ2) is 16.8. The predicted octanol–water partition coefficient (Wildman–Crippen LogP) is 1.54. The number of rotatable bonds is 13. The van der Waals surface area contributed by atoms with Crippen LogP contribution < -0.4 is 0 Å². The fourth-order valence-corrected chi connectivity index (χ4v) is 6.46. The molecule has 284 valence electrons. The Kier molecular flexibility index (Phi) is 12.4. The average Bonchev–Trinajstić information content (AvgIpc) is 3.82. The Bertz CT molecular complexity index is 1560. The molecule has 3 fully saturated rings. The van der Waals surface area contributed by atoms with Gasteiger partial charge < -0.3 is 52.1 Å². The number of benzene rings is 1. The molecule has 2 unspecified atom stereocenters. The SMILES string of the molecule is COC(=O)C1=CO[C@@H](O[C@@H]2O[C@H](COC(C)=O)[C@@H](OC(C)=O)[C@H](OC(C)=O)[C@H]2OC(C)=O)[C@H]([C@@H]2CO2)[C@@H]1CC1OCC(c2ccccc2[N+](=O)[O-])O1. The van der Waals surface area contributed by atoms with Gasteiger partial charge in [-0.2, -0.15) is 0 Å². The van der Waals surface area contributed by atoms with Gasteiger partial charge in [-0.15, -0.1) is 0 Å². The van der Waals surface area contributed by atoms with Crippen molar-refractivity contribution < 1.29 is 81.0 Å². The molecule has 0 aromatic heterocycles. The Labute approximate surface area is 296 Å². The van der Waals surface area contributed by atoms with Crippen LogP contribution in [0, 0.1) is 22.0 Å².